The molecule has 198 valence electrons. The highest BCUT2D eigenvalue weighted by molar-refractivity contribution is 6.25. The van der Waals surface area contributed by atoms with Crippen LogP contribution >= 0.6 is 0 Å². The Morgan fingerprint density at radius 3 is 2.14 bits per heavy atom. The summed E-state index contributed by atoms with van der Waals surface area (Å²) < 4.78 is 2.26. The number of nitrogens with zero attached hydrogens (tertiary/aromatic N) is 3. The number of hydrogen-bond acceptors (Lipinski definition) is 2. The van der Waals surface area contributed by atoms with E-state index in [1.165, 1.54) is 43.8 Å². The molecular formula is C39H27N3. The zero-order chi connectivity index (χ0) is 28.0. The predicted octanol–water partition coefficient (Wildman–Crippen LogP) is 9.85. The van der Waals surface area contributed by atoms with Gasteiger partial charge in [0.25, 0.3) is 0 Å². The van der Waals surface area contributed by atoms with Crippen molar-refractivity contribution >= 4 is 43.5 Å². The molecule has 2 aromatic heterocycles. The lowest BCUT2D eigenvalue weighted by atomic mass is 9.82. The van der Waals surface area contributed by atoms with E-state index in [2.05, 4.69) is 140 Å². The van der Waals surface area contributed by atoms with E-state index in [1.54, 1.807) is 0 Å². The van der Waals surface area contributed by atoms with E-state index in [4.69, 9.17) is 9.97 Å². The maximum absolute atomic E-state index is 5.28. The Balaban J connectivity index is 1.45. The molecule has 0 radical (unpaired) electrons. The van der Waals surface area contributed by atoms with Gasteiger partial charge < -0.3 is 0 Å². The summed E-state index contributed by atoms with van der Waals surface area (Å²) in [5.41, 5.74) is 10.6. The van der Waals surface area contributed by atoms with Gasteiger partial charge in [0.1, 0.15) is 0 Å². The van der Waals surface area contributed by atoms with E-state index in [0.29, 0.717) is 5.95 Å². The van der Waals surface area contributed by atoms with Crippen molar-refractivity contribution in [1.29, 1.82) is 0 Å². The third-order valence-corrected chi connectivity index (χ3v) is 9.20. The van der Waals surface area contributed by atoms with Crippen LogP contribution in [0.1, 0.15) is 25.0 Å². The quantitative estimate of drug-likeness (QED) is 0.220. The largest absolute Gasteiger partial charge is 0.278 e. The van der Waals surface area contributed by atoms with Gasteiger partial charge >= 0.3 is 0 Å². The average molecular weight is 538 g/mol. The Morgan fingerprint density at radius 2 is 1.26 bits per heavy atom. The Hall–Kier alpha value is -5.28. The van der Waals surface area contributed by atoms with Crippen LogP contribution in [0.5, 0.6) is 0 Å². The smallest absolute Gasteiger partial charge is 0.235 e. The summed E-state index contributed by atoms with van der Waals surface area (Å²) in [6.07, 6.45) is 0. The van der Waals surface area contributed by atoms with E-state index in [0.717, 1.165) is 33.2 Å². The predicted molar refractivity (Wildman–Crippen MR) is 174 cm³/mol. The Kier molecular flexibility index (Phi) is 4.67. The molecule has 1 aliphatic carbocycles. The third kappa shape index (κ3) is 3.05. The van der Waals surface area contributed by atoms with E-state index in [9.17, 15) is 0 Å². The third-order valence-electron chi connectivity index (χ3n) is 9.20. The second kappa shape index (κ2) is 8.37. The highest BCUT2D eigenvalue weighted by atomic mass is 15.2. The molecule has 1 aliphatic rings. The molecule has 0 spiro atoms. The van der Waals surface area contributed by atoms with Crippen molar-refractivity contribution in [2.75, 3.05) is 0 Å². The maximum Gasteiger partial charge on any atom is 0.235 e. The lowest BCUT2D eigenvalue weighted by Gasteiger charge is -2.21. The molecule has 42 heavy (non-hydrogen) atoms. The van der Waals surface area contributed by atoms with Crippen molar-refractivity contribution in [2.24, 2.45) is 0 Å². The molecule has 0 saturated heterocycles. The summed E-state index contributed by atoms with van der Waals surface area (Å²) in [6, 6.07) is 45.5. The fourth-order valence-corrected chi connectivity index (χ4v) is 7.26. The number of fused-ring (bicyclic) bond motifs is 10. The van der Waals surface area contributed by atoms with Gasteiger partial charge in [0, 0.05) is 27.1 Å². The van der Waals surface area contributed by atoms with E-state index in [-0.39, 0.29) is 5.41 Å². The molecular weight excluding hydrogens is 510 g/mol. The molecule has 0 amide bonds. The molecule has 0 fully saturated rings. The molecule has 3 heteroatoms. The molecule has 6 aromatic carbocycles. The molecule has 0 atom stereocenters. The van der Waals surface area contributed by atoms with Crippen molar-refractivity contribution in [3.05, 3.63) is 139 Å². The standard InChI is InChI=1S/C39H27N3/c1-39(2)29-17-9-6-14-26(29)35-30(39)22-20-24-21-23-33-36(34(24)35)28-16-8-11-19-32(28)42(33)38-40-31-18-10-7-15-27(31)37(41-38)25-12-4-3-5-13-25/h3-23H,1-2H3. The summed E-state index contributed by atoms with van der Waals surface area (Å²) in [6.45, 7) is 4.70. The molecule has 0 saturated carbocycles. The first-order valence-electron chi connectivity index (χ1n) is 14.5. The van der Waals surface area contributed by atoms with Gasteiger partial charge in [0.2, 0.25) is 5.95 Å². The van der Waals surface area contributed by atoms with Crippen molar-refractivity contribution in [3.8, 4) is 28.3 Å². The van der Waals surface area contributed by atoms with Crippen LogP contribution in [-0.4, -0.2) is 14.5 Å². The Bertz CT molecular complexity index is 2380. The molecule has 2 heterocycles. The van der Waals surface area contributed by atoms with Crippen LogP contribution < -0.4 is 0 Å². The molecule has 9 rings (SSSR count). The first kappa shape index (κ1) is 23.4. The van der Waals surface area contributed by atoms with Gasteiger partial charge in [-0.1, -0.05) is 123 Å². The minimum absolute atomic E-state index is 0.0628. The second-order valence-electron chi connectivity index (χ2n) is 11.8. The van der Waals surface area contributed by atoms with Gasteiger partial charge in [0.15, 0.2) is 0 Å². The zero-order valence-corrected chi connectivity index (χ0v) is 23.5. The summed E-state index contributed by atoms with van der Waals surface area (Å²) in [7, 11) is 0. The Morgan fingerprint density at radius 1 is 0.548 bits per heavy atom. The van der Waals surface area contributed by atoms with Gasteiger partial charge in [0.05, 0.1) is 22.2 Å². The number of hydrogen-bond donors (Lipinski definition) is 0. The second-order valence-corrected chi connectivity index (χ2v) is 11.8. The molecule has 0 bridgehead atoms. The molecule has 3 nitrogen and oxygen atoms in total. The molecule has 0 N–H and O–H groups in total. The number of para-hydroxylation sites is 2. The fourth-order valence-electron chi connectivity index (χ4n) is 7.26. The number of benzene rings is 6. The van der Waals surface area contributed by atoms with E-state index >= 15 is 0 Å². The van der Waals surface area contributed by atoms with Crippen LogP contribution in [0.4, 0.5) is 0 Å². The van der Waals surface area contributed by atoms with Crippen LogP contribution in [0, 0.1) is 0 Å². The van der Waals surface area contributed by atoms with E-state index < -0.39 is 0 Å². The maximum atomic E-state index is 5.28. The van der Waals surface area contributed by atoms with Gasteiger partial charge in [-0.15, -0.1) is 0 Å². The summed E-state index contributed by atoms with van der Waals surface area (Å²) in [5, 5.41) is 6.08. The molecule has 8 aromatic rings. The first-order chi connectivity index (χ1) is 20.6. The summed E-state index contributed by atoms with van der Waals surface area (Å²) >= 11 is 0. The van der Waals surface area contributed by atoms with Crippen molar-refractivity contribution in [1.82, 2.24) is 14.5 Å². The van der Waals surface area contributed by atoms with Crippen LogP contribution in [0.25, 0.3) is 71.8 Å². The average Bonchev–Trinajstić information content (AvgIpc) is 3.50. The van der Waals surface area contributed by atoms with E-state index in [1.807, 2.05) is 6.07 Å². The monoisotopic (exact) mass is 537 g/mol. The minimum atomic E-state index is -0.0628. The highest BCUT2D eigenvalue weighted by Crippen LogP contribution is 2.53. The Labute approximate surface area is 243 Å². The summed E-state index contributed by atoms with van der Waals surface area (Å²) in [5.74, 6) is 0.686. The van der Waals surface area contributed by atoms with Crippen LogP contribution in [0.2, 0.25) is 0 Å². The topological polar surface area (TPSA) is 30.7 Å². The van der Waals surface area contributed by atoms with Crippen molar-refractivity contribution in [2.45, 2.75) is 19.3 Å². The van der Waals surface area contributed by atoms with Crippen molar-refractivity contribution < 1.29 is 0 Å². The number of rotatable bonds is 2. The van der Waals surface area contributed by atoms with Crippen LogP contribution in [-0.2, 0) is 5.41 Å². The highest BCUT2D eigenvalue weighted by Gasteiger charge is 2.36. The minimum Gasteiger partial charge on any atom is -0.278 e. The summed E-state index contributed by atoms with van der Waals surface area (Å²) in [4.78, 5) is 10.4. The molecule has 0 unspecified atom stereocenters. The van der Waals surface area contributed by atoms with Gasteiger partial charge in [-0.2, -0.15) is 0 Å². The van der Waals surface area contributed by atoms with Crippen molar-refractivity contribution in [3.63, 3.8) is 0 Å². The lowest BCUT2D eigenvalue weighted by Crippen LogP contribution is -2.14. The number of aromatic nitrogens is 3. The lowest BCUT2D eigenvalue weighted by molar-refractivity contribution is 0.661. The zero-order valence-electron chi connectivity index (χ0n) is 23.5. The van der Waals surface area contributed by atoms with Crippen LogP contribution in [0.3, 0.4) is 0 Å². The van der Waals surface area contributed by atoms with Gasteiger partial charge in [-0.05, 0) is 51.2 Å². The first-order valence-corrected chi connectivity index (χ1v) is 14.5. The van der Waals surface area contributed by atoms with Gasteiger partial charge in [-0.25, -0.2) is 9.97 Å². The SMILES string of the molecule is CC1(C)c2ccccc2-c2c1ccc1ccc3c(c4ccccc4n3-c3nc(-c4ccccc4)c4ccccc4n3)c21. The fraction of sp³-hybridized carbons (Fsp3) is 0.0769. The normalized spacial score (nSPS) is 13.7. The van der Waals surface area contributed by atoms with Crippen LogP contribution in [0.15, 0.2) is 127 Å². The molecule has 0 aliphatic heterocycles. The van der Waals surface area contributed by atoms with Gasteiger partial charge in [-0.3, -0.25) is 4.57 Å².